The fourth-order valence-corrected chi connectivity index (χ4v) is 3.02. The van der Waals surface area contributed by atoms with Gasteiger partial charge in [-0.25, -0.2) is 0 Å². The van der Waals surface area contributed by atoms with Gasteiger partial charge in [0.1, 0.15) is 0 Å². The summed E-state index contributed by atoms with van der Waals surface area (Å²) in [6, 6.07) is 7.10. The molecule has 19 heavy (non-hydrogen) atoms. The second-order valence-corrected chi connectivity index (χ2v) is 6.53. The van der Waals surface area contributed by atoms with Gasteiger partial charge in [-0.2, -0.15) is 0 Å². The first-order valence-corrected chi connectivity index (χ1v) is 7.57. The van der Waals surface area contributed by atoms with Crippen LogP contribution < -0.4 is 10.6 Å². The second-order valence-electron chi connectivity index (χ2n) is 6.53. The van der Waals surface area contributed by atoms with Crippen molar-refractivity contribution in [2.45, 2.75) is 46.6 Å². The van der Waals surface area contributed by atoms with Crippen LogP contribution in [-0.2, 0) is 6.42 Å². The van der Waals surface area contributed by atoms with Crippen molar-refractivity contribution in [3.05, 3.63) is 29.3 Å². The van der Waals surface area contributed by atoms with E-state index in [2.05, 4.69) is 50.8 Å². The molecular formula is C17H28N2. The minimum absolute atomic E-state index is 0.238. The summed E-state index contributed by atoms with van der Waals surface area (Å²) in [4.78, 5) is 2.54. The minimum atomic E-state index is 0.238. The maximum Gasteiger partial charge on any atom is 0.0369 e. The fourth-order valence-electron chi connectivity index (χ4n) is 3.02. The Labute approximate surface area is 118 Å². The van der Waals surface area contributed by atoms with Crippen LogP contribution in [0.5, 0.6) is 0 Å². The van der Waals surface area contributed by atoms with Gasteiger partial charge < -0.3 is 10.6 Å². The molecule has 0 aliphatic carbocycles. The monoisotopic (exact) mass is 260 g/mol. The summed E-state index contributed by atoms with van der Waals surface area (Å²) >= 11 is 0. The molecule has 1 aliphatic rings. The topological polar surface area (TPSA) is 29.3 Å². The number of benzene rings is 1. The highest BCUT2D eigenvalue weighted by atomic mass is 15.1. The number of hydrogen-bond donors (Lipinski definition) is 1. The molecule has 0 saturated carbocycles. The van der Waals surface area contributed by atoms with Gasteiger partial charge in [-0.1, -0.05) is 19.9 Å². The summed E-state index contributed by atoms with van der Waals surface area (Å²) in [6.07, 6.45) is 2.30. The van der Waals surface area contributed by atoms with Crippen LogP contribution in [0.15, 0.2) is 18.2 Å². The number of hydrogen-bond acceptors (Lipinski definition) is 2. The van der Waals surface area contributed by atoms with Crippen LogP contribution in [-0.4, -0.2) is 19.1 Å². The zero-order valence-corrected chi connectivity index (χ0v) is 12.8. The number of aryl methyl sites for hydroxylation is 1. The van der Waals surface area contributed by atoms with Gasteiger partial charge in [0.15, 0.2) is 0 Å². The smallest absolute Gasteiger partial charge is 0.0369 e. The van der Waals surface area contributed by atoms with Crippen molar-refractivity contribution in [1.29, 1.82) is 0 Å². The molecule has 0 bridgehead atoms. The summed E-state index contributed by atoms with van der Waals surface area (Å²) in [6.45, 7) is 11.4. The van der Waals surface area contributed by atoms with E-state index < -0.39 is 0 Å². The van der Waals surface area contributed by atoms with Gasteiger partial charge in [0, 0.05) is 24.8 Å². The molecule has 1 aromatic carbocycles. The molecule has 2 atom stereocenters. The maximum absolute atomic E-state index is 5.89. The van der Waals surface area contributed by atoms with E-state index in [0.717, 1.165) is 18.3 Å². The zero-order valence-electron chi connectivity index (χ0n) is 12.8. The van der Waals surface area contributed by atoms with Crippen LogP contribution in [0.2, 0.25) is 0 Å². The van der Waals surface area contributed by atoms with Crippen molar-refractivity contribution < 1.29 is 0 Å². The Morgan fingerprint density at radius 1 is 1.32 bits per heavy atom. The lowest BCUT2D eigenvalue weighted by molar-refractivity contribution is 0.423. The lowest BCUT2D eigenvalue weighted by Gasteiger charge is -2.21. The predicted molar refractivity (Wildman–Crippen MR) is 83.7 cm³/mol. The summed E-state index contributed by atoms with van der Waals surface area (Å²) in [7, 11) is 0. The molecule has 1 aromatic rings. The summed E-state index contributed by atoms with van der Waals surface area (Å²) < 4.78 is 0. The standard InChI is InChI=1S/C17H28N2/c1-12(2)16-7-8-19(11-16)17-6-5-15(10-14(4)18)13(3)9-17/h5-6,9,12,14,16H,7-8,10-11,18H2,1-4H3. The molecular weight excluding hydrogens is 232 g/mol. The van der Waals surface area contributed by atoms with E-state index in [4.69, 9.17) is 5.73 Å². The Hall–Kier alpha value is -1.02. The van der Waals surface area contributed by atoms with E-state index in [9.17, 15) is 0 Å². The molecule has 1 fully saturated rings. The Balaban J connectivity index is 2.08. The average Bonchev–Trinajstić information content (AvgIpc) is 2.80. The van der Waals surface area contributed by atoms with Crippen molar-refractivity contribution in [3.63, 3.8) is 0 Å². The van der Waals surface area contributed by atoms with Crippen LogP contribution in [0.1, 0.15) is 38.3 Å². The summed E-state index contributed by atoms with van der Waals surface area (Å²) in [5.74, 6) is 1.65. The van der Waals surface area contributed by atoms with E-state index in [-0.39, 0.29) is 6.04 Å². The first-order valence-electron chi connectivity index (χ1n) is 7.57. The number of nitrogens with zero attached hydrogens (tertiary/aromatic N) is 1. The molecule has 106 valence electrons. The zero-order chi connectivity index (χ0) is 14.0. The molecule has 0 spiro atoms. The highest BCUT2D eigenvalue weighted by molar-refractivity contribution is 5.51. The van der Waals surface area contributed by atoms with Gasteiger partial charge in [-0.15, -0.1) is 0 Å². The fraction of sp³-hybridized carbons (Fsp3) is 0.647. The van der Waals surface area contributed by atoms with Gasteiger partial charge in [0.05, 0.1) is 0 Å². The molecule has 2 N–H and O–H groups in total. The minimum Gasteiger partial charge on any atom is -0.371 e. The normalized spacial score (nSPS) is 21.2. The van der Waals surface area contributed by atoms with E-state index >= 15 is 0 Å². The Morgan fingerprint density at radius 3 is 2.58 bits per heavy atom. The first kappa shape index (κ1) is 14.4. The molecule has 2 heteroatoms. The Morgan fingerprint density at radius 2 is 2.05 bits per heavy atom. The van der Waals surface area contributed by atoms with Crippen molar-refractivity contribution >= 4 is 5.69 Å². The lowest BCUT2D eigenvalue weighted by atomic mass is 9.95. The van der Waals surface area contributed by atoms with E-state index in [1.54, 1.807) is 0 Å². The van der Waals surface area contributed by atoms with E-state index in [0.29, 0.717) is 0 Å². The quantitative estimate of drug-likeness (QED) is 0.899. The van der Waals surface area contributed by atoms with Crippen molar-refractivity contribution in [3.8, 4) is 0 Å². The molecule has 0 radical (unpaired) electrons. The molecule has 2 rings (SSSR count). The van der Waals surface area contributed by atoms with Gasteiger partial charge in [0.2, 0.25) is 0 Å². The van der Waals surface area contributed by atoms with E-state index in [1.807, 2.05) is 0 Å². The van der Waals surface area contributed by atoms with Crippen LogP contribution >= 0.6 is 0 Å². The van der Waals surface area contributed by atoms with Crippen molar-refractivity contribution in [1.82, 2.24) is 0 Å². The van der Waals surface area contributed by atoms with E-state index in [1.165, 1.54) is 36.3 Å². The third-order valence-electron chi connectivity index (χ3n) is 4.40. The largest absolute Gasteiger partial charge is 0.371 e. The Bertz CT molecular complexity index is 423. The van der Waals surface area contributed by atoms with Crippen LogP contribution in [0.25, 0.3) is 0 Å². The molecule has 1 aliphatic heterocycles. The van der Waals surface area contributed by atoms with Gasteiger partial charge in [-0.05, 0) is 61.8 Å². The third-order valence-corrected chi connectivity index (χ3v) is 4.40. The molecule has 1 saturated heterocycles. The number of anilines is 1. The molecule has 2 unspecified atom stereocenters. The van der Waals surface area contributed by atoms with Gasteiger partial charge in [-0.3, -0.25) is 0 Å². The average molecular weight is 260 g/mol. The third kappa shape index (κ3) is 3.50. The number of nitrogens with two attached hydrogens (primary N) is 1. The second kappa shape index (κ2) is 5.96. The highest BCUT2D eigenvalue weighted by Crippen LogP contribution is 2.29. The highest BCUT2D eigenvalue weighted by Gasteiger charge is 2.25. The van der Waals surface area contributed by atoms with Crippen LogP contribution in [0, 0.1) is 18.8 Å². The van der Waals surface area contributed by atoms with Crippen molar-refractivity contribution in [2.75, 3.05) is 18.0 Å². The number of rotatable bonds is 4. The molecule has 0 amide bonds. The van der Waals surface area contributed by atoms with Crippen LogP contribution in [0.4, 0.5) is 5.69 Å². The Kier molecular flexibility index (Phi) is 4.51. The summed E-state index contributed by atoms with van der Waals surface area (Å²) in [5, 5.41) is 0. The van der Waals surface area contributed by atoms with Crippen molar-refractivity contribution in [2.24, 2.45) is 17.6 Å². The molecule has 2 nitrogen and oxygen atoms in total. The lowest BCUT2D eigenvalue weighted by Crippen LogP contribution is -2.22. The van der Waals surface area contributed by atoms with Gasteiger partial charge in [0.25, 0.3) is 0 Å². The maximum atomic E-state index is 5.89. The van der Waals surface area contributed by atoms with Crippen LogP contribution in [0.3, 0.4) is 0 Å². The summed E-state index contributed by atoms with van der Waals surface area (Å²) in [5.41, 5.74) is 10.0. The SMILES string of the molecule is Cc1cc(N2CCC(C(C)C)C2)ccc1CC(C)N. The molecule has 0 aromatic heterocycles. The predicted octanol–water partition coefficient (Wildman–Crippen LogP) is 3.37. The molecule has 1 heterocycles. The van der Waals surface area contributed by atoms with Gasteiger partial charge >= 0.3 is 0 Å². The first-order chi connectivity index (χ1) is 8.97.